The standard InChI is InChI=1S/C19H37NO2/c1-14(2)18-8-7-15(3)10-19(18)22-13-17(21)12-20-9-5-6-16(4)11-20/h14-19,21H,5-13H2,1-4H3/t15-,16+,17+,18-,19-/m1/s1. The zero-order chi connectivity index (χ0) is 16.1. The van der Waals surface area contributed by atoms with Crippen LogP contribution >= 0.6 is 0 Å². The highest BCUT2D eigenvalue weighted by atomic mass is 16.5. The molecule has 1 saturated heterocycles. The van der Waals surface area contributed by atoms with Crippen molar-refractivity contribution < 1.29 is 9.84 Å². The molecule has 1 aliphatic carbocycles. The fraction of sp³-hybridized carbons (Fsp3) is 1.00. The molecule has 0 radical (unpaired) electrons. The van der Waals surface area contributed by atoms with Gasteiger partial charge in [-0.2, -0.15) is 0 Å². The second kappa shape index (κ2) is 8.65. The summed E-state index contributed by atoms with van der Waals surface area (Å²) in [6.45, 7) is 12.8. The summed E-state index contributed by atoms with van der Waals surface area (Å²) in [5.74, 6) is 2.88. The van der Waals surface area contributed by atoms with Crippen LogP contribution < -0.4 is 0 Å². The smallest absolute Gasteiger partial charge is 0.0900 e. The molecule has 0 bridgehead atoms. The van der Waals surface area contributed by atoms with Gasteiger partial charge in [0.2, 0.25) is 0 Å². The minimum atomic E-state index is -0.338. The van der Waals surface area contributed by atoms with Gasteiger partial charge in [0.05, 0.1) is 18.8 Å². The van der Waals surface area contributed by atoms with Gasteiger partial charge in [-0.05, 0) is 55.9 Å². The molecule has 0 unspecified atom stereocenters. The fourth-order valence-electron chi connectivity index (χ4n) is 4.34. The van der Waals surface area contributed by atoms with Gasteiger partial charge in [0, 0.05) is 13.1 Å². The summed E-state index contributed by atoms with van der Waals surface area (Å²) >= 11 is 0. The number of rotatable bonds is 6. The Balaban J connectivity index is 1.75. The third-order valence-electron chi connectivity index (χ3n) is 5.67. The Morgan fingerprint density at radius 3 is 2.59 bits per heavy atom. The van der Waals surface area contributed by atoms with E-state index >= 15 is 0 Å². The summed E-state index contributed by atoms with van der Waals surface area (Å²) in [5.41, 5.74) is 0. The molecular formula is C19H37NO2. The average molecular weight is 312 g/mol. The molecule has 3 nitrogen and oxygen atoms in total. The van der Waals surface area contributed by atoms with Gasteiger partial charge in [0.1, 0.15) is 0 Å². The van der Waals surface area contributed by atoms with E-state index in [9.17, 15) is 5.11 Å². The van der Waals surface area contributed by atoms with Gasteiger partial charge in [-0.1, -0.05) is 34.1 Å². The zero-order valence-electron chi connectivity index (χ0n) is 15.1. The molecule has 0 aromatic heterocycles. The lowest BCUT2D eigenvalue weighted by molar-refractivity contribution is -0.0751. The molecule has 0 spiro atoms. The Hall–Kier alpha value is -0.120. The van der Waals surface area contributed by atoms with Crippen molar-refractivity contribution in [2.75, 3.05) is 26.2 Å². The zero-order valence-corrected chi connectivity index (χ0v) is 15.1. The average Bonchev–Trinajstić information content (AvgIpc) is 2.45. The predicted molar refractivity (Wildman–Crippen MR) is 91.9 cm³/mol. The van der Waals surface area contributed by atoms with Crippen molar-refractivity contribution in [1.29, 1.82) is 0 Å². The Bertz CT molecular complexity index is 321. The van der Waals surface area contributed by atoms with E-state index in [0.29, 0.717) is 24.5 Å². The maximum atomic E-state index is 10.3. The molecule has 0 amide bonds. The van der Waals surface area contributed by atoms with Crippen LogP contribution in [0.2, 0.25) is 0 Å². The molecule has 1 N–H and O–H groups in total. The van der Waals surface area contributed by atoms with E-state index in [0.717, 1.165) is 37.9 Å². The van der Waals surface area contributed by atoms with Gasteiger partial charge in [0.15, 0.2) is 0 Å². The quantitative estimate of drug-likeness (QED) is 0.814. The van der Waals surface area contributed by atoms with Crippen LogP contribution in [0.1, 0.15) is 59.8 Å². The SMILES string of the molecule is CC(C)[C@H]1CC[C@@H](C)C[C@H]1OC[C@@H](O)CN1CCC[C@H](C)C1. The molecule has 1 aliphatic heterocycles. The molecule has 1 heterocycles. The van der Waals surface area contributed by atoms with Crippen molar-refractivity contribution in [3.8, 4) is 0 Å². The van der Waals surface area contributed by atoms with Crippen molar-refractivity contribution in [3.63, 3.8) is 0 Å². The summed E-state index contributed by atoms with van der Waals surface area (Å²) in [6.07, 6.45) is 6.38. The van der Waals surface area contributed by atoms with E-state index in [-0.39, 0.29) is 6.10 Å². The molecule has 130 valence electrons. The topological polar surface area (TPSA) is 32.7 Å². The predicted octanol–water partition coefficient (Wildman–Crippen LogP) is 3.56. The second-order valence-corrected chi connectivity index (χ2v) is 8.36. The maximum Gasteiger partial charge on any atom is 0.0900 e. The monoisotopic (exact) mass is 311 g/mol. The van der Waals surface area contributed by atoms with Crippen LogP contribution in [-0.2, 0) is 4.74 Å². The summed E-state index contributed by atoms with van der Waals surface area (Å²) in [6, 6.07) is 0. The van der Waals surface area contributed by atoms with Gasteiger partial charge < -0.3 is 14.7 Å². The summed E-state index contributed by atoms with van der Waals surface area (Å²) < 4.78 is 6.18. The first-order valence-electron chi connectivity index (χ1n) is 9.47. The van der Waals surface area contributed by atoms with Crippen LogP contribution in [-0.4, -0.2) is 48.5 Å². The summed E-state index contributed by atoms with van der Waals surface area (Å²) in [7, 11) is 0. The van der Waals surface area contributed by atoms with Crippen LogP contribution in [0, 0.1) is 23.7 Å². The Morgan fingerprint density at radius 2 is 1.91 bits per heavy atom. The van der Waals surface area contributed by atoms with Gasteiger partial charge >= 0.3 is 0 Å². The van der Waals surface area contributed by atoms with Gasteiger partial charge in [-0.3, -0.25) is 0 Å². The number of β-amino-alcohol motifs (C(OH)–C–C–N with tert-alkyl or cyclic N) is 1. The van der Waals surface area contributed by atoms with E-state index < -0.39 is 0 Å². The first-order chi connectivity index (χ1) is 10.5. The van der Waals surface area contributed by atoms with E-state index in [1.165, 1.54) is 25.7 Å². The minimum absolute atomic E-state index is 0.338. The number of aliphatic hydroxyl groups excluding tert-OH is 1. The fourth-order valence-corrected chi connectivity index (χ4v) is 4.34. The van der Waals surface area contributed by atoms with Crippen LogP contribution in [0.15, 0.2) is 0 Å². The Morgan fingerprint density at radius 1 is 1.14 bits per heavy atom. The molecule has 5 atom stereocenters. The third kappa shape index (κ3) is 5.50. The lowest BCUT2D eigenvalue weighted by atomic mass is 9.75. The summed E-state index contributed by atoms with van der Waals surface area (Å²) in [4.78, 5) is 2.41. The van der Waals surface area contributed by atoms with E-state index in [1.807, 2.05) is 0 Å². The number of aliphatic hydroxyl groups is 1. The normalized spacial score (nSPS) is 35.7. The van der Waals surface area contributed by atoms with Gasteiger partial charge in [-0.15, -0.1) is 0 Å². The molecule has 1 saturated carbocycles. The molecular weight excluding hydrogens is 274 g/mol. The van der Waals surface area contributed by atoms with Crippen LogP contribution in [0.25, 0.3) is 0 Å². The minimum Gasteiger partial charge on any atom is -0.389 e. The molecule has 2 aliphatic rings. The van der Waals surface area contributed by atoms with Gasteiger partial charge in [0.25, 0.3) is 0 Å². The lowest BCUT2D eigenvalue weighted by Crippen LogP contribution is -2.42. The lowest BCUT2D eigenvalue weighted by Gasteiger charge is -2.38. The largest absolute Gasteiger partial charge is 0.389 e. The van der Waals surface area contributed by atoms with E-state index in [4.69, 9.17) is 4.74 Å². The molecule has 0 aromatic carbocycles. The number of ether oxygens (including phenoxy) is 1. The van der Waals surface area contributed by atoms with Crippen LogP contribution in [0.4, 0.5) is 0 Å². The highest BCUT2D eigenvalue weighted by Gasteiger charge is 2.32. The van der Waals surface area contributed by atoms with Gasteiger partial charge in [-0.25, -0.2) is 0 Å². The second-order valence-electron chi connectivity index (χ2n) is 8.36. The molecule has 22 heavy (non-hydrogen) atoms. The Labute approximate surface area is 137 Å². The van der Waals surface area contributed by atoms with Crippen molar-refractivity contribution in [2.24, 2.45) is 23.7 Å². The van der Waals surface area contributed by atoms with Crippen molar-refractivity contribution >= 4 is 0 Å². The molecule has 2 fully saturated rings. The van der Waals surface area contributed by atoms with Crippen LogP contribution in [0.5, 0.6) is 0 Å². The molecule has 2 rings (SSSR count). The van der Waals surface area contributed by atoms with Crippen molar-refractivity contribution in [3.05, 3.63) is 0 Å². The number of hydrogen-bond acceptors (Lipinski definition) is 3. The van der Waals surface area contributed by atoms with E-state index in [1.54, 1.807) is 0 Å². The Kier molecular flexibility index (Phi) is 7.17. The van der Waals surface area contributed by atoms with Crippen molar-refractivity contribution in [2.45, 2.75) is 72.0 Å². The number of likely N-dealkylation sites (tertiary alicyclic amines) is 1. The number of nitrogens with zero attached hydrogens (tertiary/aromatic N) is 1. The molecule has 0 aromatic rings. The first-order valence-corrected chi connectivity index (χ1v) is 9.47. The van der Waals surface area contributed by atoms with E-state index in [2.05, 4.69) is 32.6 Å². The first kappa shape index (κ1) is 18.2. The number of hydrogen-bond donors (Lipinski definition) is 1. The highest BCUT2D eigenvalue weighted by molar-refractivity contribution is 4.82. The van der Waals surface area contributed by atoms with Crippen LogP contribution in [0.3, 0.4) is 0 Å². The summed E-state index contributed by atoms with van der Waals surface area (Å²) in [5, 5.41) is 10.3. The number of piperidine rings is 1. The van der Waals surface area contributed by atoms with Crippen molar-refractivity contribution in [1.82, 2.24) is 4.90 Å². The molecule has 3 heteroatoms. The maximum absolute atomic E-state index is 10.3. The third-order valence-corrected chi connectivity index (χ3v) is 5.67. The highest BCUT2D eigenvalue weighted by Crippen LogP contribution is 2.35.